The summed E-state index contributed by atoms with van der Waals surface area (Å²) < 4.78 is 68.9. The van der Waals surface area contributed by atoms with E-state index in [1.165, 1.54) is 0 Å². The molecule has 4 aromatic rings. The fourth-order valence-electron chi connectivity index (χ4n) is 2.06. The summed E-state index contributed by atoms with van der Waals surface area (Å²) >= 11 is 0. The van der Waals surface area contributed by atoms with E-state index in [1.807, 2.05) is 0 Å². The maximum absolute atomic E-state index is 8.15. The lowest BCUT2D eigenvalue weighted by Crippen LogP contribution is -1.81. The fraction of sp³-hybridized carbons (Fsp3) is 0. The molecule has 0 aliphatic rings. The molecule has 2 aromatic heterocycles. The van der Waals surface area contributed by atoms with Gasteiger partial charge in [0.15, 0.2) is 0 Å². The normalized spacial score (nSPS) is 17.1. The summed E-state index contributed by atoms with van der Waals surface area (Å²) in [5.41, 5.74) is 0.454. The molecule has 0 spiro atoms. The van der Waals surface area contributed by atoms with Gasteiger partial charge < -0.3 is 4.42 Å². The van der Waals surface area contributed by atoms with Gasteiger partial charge in [-0.05, 0) is 24.2 Å². The average Bonchev–Trinajstić information content (AvgIpc) is 3.05. The Morgan fingerprint density at radius 2 is 1.84 bits per heavy atom. The number of para-hydroxylation sites is 2. The Morgan fingerprint density at radius 3 is 2.84 bits per heavy atom. The summed E-state index contributed by atoms with van der Waals surface area (Å²) in [5, 5.41) is 0.641. The van der Waals surface area contributed by atoms with Gasteiger partial charge in [0, 0.05) is 22.5 Å². The van der Waals surface area contributed by atoms with Crippen LogP contribution < -0.4 is 0 Å². The van der Waals surface area contributed by atoms with Crippen LogP contribution in [0.2, 0.25) is 0 Å². The first-order chi connectivity index (χ1) is 12.7. The Hall–Kier alpha value is -2.61. The third-order valence-electron chi connectivity index (χ3n) is 2.86. The zero-order chi connectivity index (χ0) is 19.6. The fourth-order valence-corrected chi connectivity index (χ4v) is 2.06. The summed E-state index contributed by atoms with van der Waals surface area (Å²) in [6, 6.07) is 2.30. The average molecular weight is 253 g/mol. The van der Waals surface area contributed by atoms with Crippen molar-refractivity contribution in [2.45, 2.75) is 0 Å². The molecule has 90 valence electrons. The van der Waals surface area contributed by atoms with E-state index in [0.717, 1.165) is 0 Å². The molecule has 0 N–H and O–H groups in total. The highest BCUT2D eigenvalue weighted by molar-refractivity contribution is 6.09. The predicted octanol–water partition coefficient (Wildman–Crippen LogP) is 4.65. The van der Waals surface area contributed by atoms with Gasteiger partial charge in [-0.3, -0.25) is 4.98 Å². The number of furan rings is 1. The molecule has 2 heterocycles. The van der Waals surface area contributed by atoms with Crippen molar-refractivity contribution < 1.29 is 15.4 Å². The van der Waals surface area contributed by atoms with Crippen LogP contribution in [0.4, 0.5) is 0 Å². The first-order valence-corrected chi connectivity index (χ1v) is 5.60. The number of hydrogen-bond donors (Lipinski definition) is 0. The first kappa shape index (κ1) is 5.17. The molecular formula is C17H11NO. The van der Waals surface area contributed by atoms with E-state index in [1.54, 1.807) is 18.2 Å². The molecule has 4 rings (SSSR count). The zero-order valence-corrected chi connectivity index (χ0v) is 9.59. The van der Waals surface area contributed by atoms with Gasteiger partial charge in [-0.15, -0.1) is 0 Å². The van der Waals surface area contributed by atoms with Gasteiger partial charge in [0.05, 0.1) is 16.7 Å². The van der Waals surface area contributed by atoms with E-state index in [4.69, 9.17) is 15.4 Å². The molecule has 0 saturated carbocycles. The maximum atomic E-state index is 8.15. The monoisotopic (exact) mass is 253 g/mol. The third-order valence-corrected chi connectivity index (χ3v) is 2.86. The van der Waals surface area contributed by atoms with Crippen LogP contribution in [0.1, 0.15) is 11.0 Å². The number of fused-ring (bicyclic) bond motifs is 3. The summed E-state index contributed by atoms with van der Waals surface area (Å²) in [6.45, 7) is 0. The lowest BCUT2D eigenvalue weighted by Gasteiger charge is -2.00. The van der Waals surface area contributed by atoms with Crippen LogP contribution >= 0.6 is 0 Å². The molecule has 0 bridgehead atoms. The minimum atomic E-state index is -0.444. The summed E-state index contributed by atoms with van der Waals surface area (Å²) in [7, 11) is 0. The van der Waals surface area contributed by atoms with E-state index < -0.39 is 24.3 Å². The zero-order valence-electron chi connectivity index (χ0n) is 17.6. The van der Waals surface area contributed by atoms with Gasteiger partial charge in [-0.25, -0.2) is 0 Å². The number of aromatic nitrogens is 1. The Morgan fingerprint density at radius 1 is 0.947 bits per heavy atom. The maximum Gasteiger partial charge on any atom is 0.144 e. The van der Waals surface area contributed by atoms with Crippen LogP contribution in [-0.2, 0) is 0 Å². The van der Waals surface area contributed by atoms with Crippen LogP contribution in [0.3, 0.4) is 0 Å². The Balaban J connectivity index is 2.17. The number of benzene rings is 2. The molecule has 2 nitrogen and oxygen atoms in total. The highest BCUT2D eigenvalue weighted by Gasteiger charge is 2.11. The molecule has 0 amide bonds. The molecule has 0 radical (unpaired) electrons. The molecule has 0 unspecified atom stereocenters. The number of nitrogens with zero attached hydrogens (tertiary/aromatic N) is 1. The summed E-state index contributed by atoms with van der Waals surface area (Å²) in [5.74, 6) is 0. The minimum absolute atomic E-state index is 0.00992. The second-order valence-corrected chi connectivity index (χ2v) is 3.94. The number of pyridine rings is 1. The van der Waals surface area contributed by atoms with Crippen molar-refractivity contribution in [3.8, 4) is 11.3 Å². The lowest BCUT2D eigenvalue weighted by atomic mass is 10.1. The minimum Gasteiger partial charge on any atom is -0.455 e. The Labute approximate surface area is 121 Å². The van der Waals surface area contributed by atoms with Crippen molar-refractivity contribution >= 4 is 21.9 Å². The van der Waals surface area contributed by atoms with Gasteiger partial charge >= 0.3 is 0 Å². The second-order valence-electron chi connectivity index (χ2n) is 3.94. The number of hydrogen-bond acceptors (Lipinski definition) is 2. The van der Waals surface area contributed by atoms with Crippen LogP contribution in [0.25, 0.3) is 33.2 Å². The van der Waals surface area contributed by atoms with E-state index in [2.05, 4.69) is 4.98 Å². The largest absolute Gasteiger partial charge is 0.455 e. The molecule has 2 heteroatoms. The van der Waals surface area contributed by atoms with Crippen molar-refractivity contribution in [1.29, 1.82) is 0 Å². The van der Waals surface area contributed by atoms with Crippen LogP contribution in [-0.4, -0.2) is 4.98 Å². The SMILES string of the molecule is [2H]c1nc(-c2cccc3c2oc2c([2H])c([2H])c([2H])c([2H])c23)c([2H])c([2H])c1[2H]. The quantitative estimate of drug-likeness (QED) is 0.493. The lowest BCUT2D eigenvalue weighted by molar-refractivity contribution is 0.670. The highest BCUT2D eigenvalue weighted by atomic mass is 16.3. The van der Waals surface area contributed by atoms with Crippen molar-refractivity contribution in [3.63, 3.8) is 0 Å². The molecular weight excluding hydrogens is 234 g/mol. The molecule has 2 aromatic carbocycles. The van der Waals surface area contributed by atoms with Gasteiger partial charge in [-0.1, -0.05) is 36.3 Å². The standard InChI is InChI=1S/C17H11NO/c1-2-10-16-12(6-1)13-7-5-8-14(17(13)19-16)15-9-3-4-11-18-15/h1-11H/i1D,2D,3D,4D,6D,9D,10D,11D. The Bertz CT molecular complexity index is 1260. The summed E-state index contributed by atoms with van der Waals surface area (Å²) in [4.78, 5) is 3.95. The van der Waals surface area contributed by atoms with Gasteiger partial charge in [0.2, 0.25) is 0 Å². The van der Waals surface area contributed by atoms with E-state index in [-0.39, 0.29) is 52.0 Å². The van der Waals surface area contributed by atoms with Crippen molar-refractivity contribution in [2.75, 3.05) is 0 Å². The first-order valence-electron chi connectivity index (χ1n) is 9.60. The van der Waals surface area contributed by atoms with Crippen LogP contribution in [0.15, 0.2) is 71.1 Å². The van der Waals surface area contributed by atoms with Crippen LogP contribution in [0, 0.1) is 0 Å². The molecule has 0 atom stereocenters. The van der Waals surface area contributed by atoms with E-state index in [0.29, 0.717) is 5.39 Å². The van der Waals surface area contributed by atoms with Crippen molar-refractivity contribution in [2.24, 2.45) is 0 Å². The van der Waals surface area contributed by atoms with E-state index >= 15 is 0 Å². The topological polar surface area (TPSA) is 26.0 Å². The van der Waals surface area contributed by atoms with Crippen molar-refractivity contribution in [3.05, 3.63) is 66.7 Å². The van der Waals surface area contributed by atoms with Gasteiger partial charge in [-0.2, -0.15) is 0 Å². The highest BCUT2D eigenvalue weighted by Crippen LogP contribution is 2.34. The van der Waals surface area contributed by atoms with Gasteiger partial charge in [0.25, 0.3) is 0 Å². The molecule has 19 heavy (non-hydrogen) atoms. The van der Waals surface area contributed by atoms with Crippen molar-refractivity contribution in [1.82, 2.24) is 4.98 Å². The summed E-state index contributed by atoms with van der Waals surface area (Å²) in [6.07, 6.45) is -0.441. The van der Waals surface area contributed by atoms with E-state index in [9.17, 15) is 0 Å². The molecule has 0 saturated heterocycles. The third kappa shape index (κ3) is 1.54. The molecule has 0 aliphatic heterocycles. The molecule has 0 fully saturated rings. The van der Waals surface area contributed by atoms with Crippen LogP contribution in [0.5, 0.6) is 0 Å². The smallest absolute Gasteiger partial charge is 0.144 e. The van der Waals surface area contributed by atoms with Gasteiger partial charge in [0.1, 0.15) is 11.2 Å². The second kappa shape index (κ2) is 3.95. The Kier molecular flexibility index (Phi) is 1.08. The molecule has 0 aliphatic carbocycles. The number of rotatable bonds is 1. The predicted molar refractivity (Wildman–Crippen MR) is 77.0 cm³/mol.